The van der Waals surface area contributed by atoms with Crippen molar-refractivity contribution in [2.45, 2.75) is 25.3 Å². The van der Waals surface area contributed by atoms with Gasteiger partial charge in [0.05, 0.1) is 12.6 Å². The number of nitrogens with zero attached hydrogens (tertiary/aromatic N) is 1. The molecule has 0 amide bonds. The second-order valence-electron chi connectivity index (χ2n) is 5.35. The van der Waals surface area contributed by atoms with Crippen molar-refractivity contribution in [2.24, 2.45) is 4.99 Å². The van der Waals surface area contributed by atoms with E-state index in [1.807, 2.05) is 30.8 Å². The van der Waals surface area contributed by atoms with Gasteiger partial charge in [-0.15, -0.1) is 0 Å². The number of methoxy groups -OCH3 is 1. The maximum Gasteiger partial charge on any atom is 0.161 e. The molecule has 2 aliphatic heterocycles. The highest BCUT2D eigenvalue weighted by molar-refractivity contribution is 8.14. The Morgan fingerprint density at radius 3 is 2.85 bits per heavy atom. The van der Waals surface area contributed by atoms with Crippen molar-refractivity contribution in [3.63, 3.8) is 0 Å². The van der Waals surface area contributed by atoms with Crippen LogP contribution in [0.25, 0.3) is 0 Å². The SMILES string of the molecule is COc1ccc(NC2=NC3(CCOCC3)CS2)cc1C. The van der Waals surface area contributed by atoms with Gasteiger partial charge in [-0.05, 0) is 43.5 Å². The lowest BCUT2D eigenvalue weighted by molar-refractivity contribution is 0.0624. The van der Waals surface area contributed by atoms with Crippen LogP contribution in [0.3, 0.4) is 0 Å². The van der Waals surface area contributed by atoms with Crippen molar-refractivity contribution in [1.82, 2.24) is 0 Å². The van der Waals surface area contributed by atoms with Gasteiger partial charge in [0.15, 0.2) is 5.17 Å². The molecule has 1 aromatic rings. The van der Waals surface area contributed by atoms with Gasteiger partial charge >= 0.3 is 0 Å². The van der Waals surface area contributed by atoms with Crippen LogP contribution in [0.5, 0.6) is 5.75 Å². The van der Waals surface area contributed by atoms with Crippen molar-refractivity contribution in [3.05, 3.63) is 23.8 Å². The average Bonchev–Trinajstić information content (AvgIpc) is 2.82. The lowest BCUT2D eigenvalue weighted by Gasteiger charge is -2.29. The topological polar surface area (TPSA) is 42.8 Å². The molecule has 0 radical (unpaired) electrons. The summed E-state index contributed by atoms with van der Waals surface area (Å²) in [5.74, 6) is 1.98. The zero-order valence-electron chi connectivity index (χ0n) is 11.9. The van der Waals surface area contributed by atoms with Crippen LogP contribution in [0.2, 0.25) is 0 Å². The molecule has 3 rings (SSSR count). The first-order chi connectivity index (χ1) is 9.71. The number of hydrogen-bond donors (Lipinski definition) is 1. The number of hydrogen-bond acceptors (Lipinski definition) is 5. The second kappa shape index (κ2) is 5.66. The number of aliphatic imine (C=N–C) groups is 1. The fraction of sp³-hybridized carbons (Fsp3) is 0.533. The van der Waals surface area contributed by atoms with Crippen LogP contribution in [0, 0.1) is 6.92 Å². The van der Waals surface area contributed by atoms with Gasteiger partial charge in [-0.1, -0.05) is 11.8 Å². The molecule has 1 N–H and O–H groups in total. The smallest absolute Gasteiger partial charge is 0.161 e. The molecule has 0 unspecified atom stereocenters. The minimum Gasteiger partial charge on any atom is -0.496 e. The molecule has 1 fully saturated rings. The largest absolute Gasteiger partial charge is 0.496 e. The number of ether oxygens (including phenoxy) is 2. The maximum atomic E-state index is 5.44. The predicted molar refractivity (Wildman–Crippen MR) is 84.0 cm³/mol. The van der Waals surface area contributed by atoms with Crippen LogP contribution < -0.4 is 10.1 Å². The van der Waals surface area contributed by atoms with Crippen molar-refractivity contribution in [2.75, 3.05) is 31.4 Å². The molecule has 5 heteroatoms. The molecule has 1 aromatic carbocycles. The molecular weight excluding hydrogens is 272 g/mol. The Morgan fingerprint density at radius 2 is 2.15 bits per heavy atom. The molecule has 4 nitrogen and oxygen atoms in total. The summed E-state index contributed by atoms with van der Waals surface area (Å²) in [6, 6.07) is 6.11. The van der Waals surface area contributed by atoms with E-state index in [2.05, 4.69) is 11.4 Å². The lowest BCUT2D eigenvalue weighted by atomic mass is 9.93. The highest BCUT2D eigenvalue weighted by atomic mass is 32.2. The number of aryl methyl sites for hydroxylation is 1. The zero-order chi connectivity index (χ0) is 14.0. The highest BCUT2D eigenvalue weighted by Gasteiger charge is 2.37. The maximum absolute atomic E-state index is 5.44. The van der Waals surface area contributed by atoms with Crippen LogP contribution in [0.4, 0.5) is 5.69 Å². The first-order valence-electron chi connectivity index (χ1n) is 6.93. The Balaban J connectivity index is 1.72. The summed E-state index contributed by atoms with van der Waals surface area (Å²) in [4.78, 5) is 4.90. The minimum absolute atomic E-state index is 0.104. The summed E-state index contributed by atoms with van der Waals surface area (Å²) < 4.78 is 10.7. The Morgan fingerprint density at radius 1 is 1.35 bits per heavy atom. The van der Waals surface area contributed by atoms with E-state index < -0.39 is 0 Å². The normalized spacial score (nSPS) is 20.8. The first kappa shape index (κ1) is 13.8. The van der Waals surface area contributed by atoms with Gasteiger partial charge in [0, 0.05) is 24.7 Å². The Hall–Kier alpha value is -1.20. The van der Waals surface area contributed by atoms with E-state index in [-0.39, 0.29) is 5.54 Å². The molecular formula is C15H20N2O2S. The summed E-state index contributed by atoms with van der Waals surface area (Å²) in [7, 11) is 1.70. The molecule has 0 aromatic heterocycles. The standard InChI is InChI=1S/C15H20N2O2S/c1-11-9-12(3-4-13(11)18-2)16-14-17-15(10-20-14)5-7-19-8-6-15/h3-4,9H,5-8,10H2,1-2H3,(H,16,17). The lowest BCUT2D eigenvalue weighted by Crippen LogP contribution is -2.34. The monoisotopic (exact) mass is 292 g/mol. The Labute approximate surface area is 123 Å². The molecule has 0 atom stereocenters. The van der Waals surface area contributed by atoms with E-state index in [1.54, 1.807) is 7.11 Å². The van der Waals surface area contributed by atoms with Crippen molar-refractivity contribution < 1.29 is 9.47 Å². The van der Waals surface area contributed by atoms with E-state index in [4.69, 9.17) is 14.5 Å². The van der Waals surface area contributed by atoms with Crippen LogP contribution >= 0.6 is 11.8 Å². The second-order valence-corrected chi connectivity index (χ2v) is 6.32. The fourth-order valence-electron chi connectivity index (χ4n) is 2.63. The van der Waals surface area contributed by atoms with Gasteiger partial charge in [-0.3, -0.25) is 4.99 Å². The van der Waals surface area contributed by atoms with Crippen LogP contribution in [0.1, 0.15) is 18.4 Å². The Kier molecular flexibility index (Phi) is 3.89. The number of benzene rings is 1. The fourth-order valence-corrected chi connectivity index (χ4v) is 3.84. The summed E-state index contributed by atoms with van der Waals surface area (Å²) in [5, 5.41) is 4.45. The summed E-state index contributed by atoms with van der Waals surface area (Å²) in [6.45, 7) is 3.71. The predicted octanol–water partition coefficient (Wildman–Crippen LogP) is 3.07. The molecule has 0 saturated carbocycles. The van der Waals surface area contributed by atoms with Gasteiger partial charge in [-0.25, -0.2) is 0 Å². The number of amidine groups is 1. The van der Waals surface area contributed by atoms with E-state index in [0.717, 1.165) is 54.0 Å². The van der Waals surface area contributed by atoms with Gasteiger partial charge < -0.3 is 14.8 Å². The van der Waals surface area contributed by atoms with E-state index in [0.29, 0.717) is 0 Å². The Bertz CT molecular complexity index is 525. The van der Waals surface area contributed by atoms with Gasteiger partial charge in [0.2, 0.25) is 0 Å². The number of rotatable bonds is 2. The molecule has 1 spiro atoms. The first-order valence-corrected chi connectivity index (χ1v) is 7.91. The molecule has 108 valence electrons. The molecule has 2 heterocycles. The highest BCUT2D eigenvalue weighted by Crippen LogP contribution is 2.36. The molecule has 0 aliphatic carbocycles. The zero-order valence-corrected chi connectivity index (χ0v) is 12.8. The quantitative estimate of drug-likeness (QED) is 0.909. The van der Waals surface area contributed by atoms with Crippen LogP contribution in [0.15, 0.2) is 23.2 Å². The summed E-state index contributed by atoms with van der Waals surface area (Å²) >= 11 is 1.81. The summed E-state index contributed by atoms with van der Waals surface area (Å²) in [5.41, 5.74) is 2.30. The molecule has 1 saturated heterocycles. The third-order valence-corrected chi connectivity index (χ3v) is 5.03. The molecule has 0 bridgehead atoms. The third-order valence-electron chi connectivity index (χ3n) is 3.89. The van der Waals surface area contributed by atoms with E-state index in [1.165, 1.54) is 0 Å². The number of anilines is 1. The van der Waals surface area contributed by atoms with Crippen LogP contribution in [-0.2, 0) is 4.74 Å². The number of nitrogens with one attached hydrogen (secondary N) is 1. The van der Waals surface area contributed by atoms with E-state index >= 15 is 0 Å². The molecule has 2 aliphatic rings. The van der Waals surface area contributed by atoms with Gasteiger partial charge in [0.1, 0.15) is 5.75 Å². The van der Waals surface area contributed by atoms with Crippen molar-refractivity contribution in [1.29, 1.82) is 0 Å². The molecule has 20 heavy (non-hydrogen) atoms. The van der Waals surface area contributed by atoms with Crippen molar-refractivity contribution in [3.8, 4) is 5.75 Å². The number of thioether (sulfide) groups is 1. The van der Waals surface area contributed by atoms with Gasteiger partial charge in [0.25, 0.3) is 0 Å². The van der Waals surface area contributed by atoms with Gasteiger partial charge in [-0.2, -0.15) is 0 Å². The third kappa shape index (κ3) is 2.79. The summed E-state index contributed by atoms with van der Waals surface area (Å²) in [6.07, 6.45) is 2.07. The van der Waals surface area contributed by atoms with Crippen molar-refractivity contribution >= 4 is 22.6 Å². The average molecular weight is 292 g/mol. The van der Waals surface area contributed by atoms with Crippen LogP contribution in [-0.4, -0.2) is 36.8 Å². The minimum atomic E-state index is 0.104. The van der Waals surface area contributed by atoms with E-state index in [9.17, 15) is 0 Å².